The summed E-state index contributed by atoms with van der Waals surface area (Å²) >= 11 is 0. The van der Waals surface area contributed by atoms with Crippen LogP contribution in [0.4, 0.5) is 5.82 Å². The highest BCUT2D eigenvalue weighted by atomic mass is 32.2. The molecule has 1 aliphatic carbocycles. The molecule has 118 valence electrons. The Morgan fingerprint density at radius 1 is 1.05 bits per heavy atom. The van der Waals surface area contributed by atoms with Gasteiger partial charge in [0.25, 0.3) is 0 Å². The highest BCUT2D eigenvalue weighted by Crippen LogP contribution is 2.24. The fraction of sp³-hybridized carbons (Fsp3) is 0.733. The monoisotopic (exact) mass is 311 g/mol. The molecule has 1 heterocycles. The number of rotatable bonds is 3. The normalized spacial score (nSPS) is 18.2. The molecule has 1 saturated carbocycles. The molecule has 1 aromatic rings. The van der Waals surface area contributed by atoms with Gasteiger partial charge in [-0.3, -0.25) is 0 Å². The Kier molecular flexibility index (Phi) is 4.86. The molecule has 0 aromatic carbocycles. The Bertz CT molecular complexity index is 554. The first-order valence-electron chi connectivity index (χ1n) is 7.65. The van der Waals surface area contributed by atoms with Gasteiger partial charge in [0.05, 0.1) is 4.75 Å². The maximum Gasteiger partial charge on any atom is 0.202 e. The molecule has 0 spiro atoms. The maximum absolute atomic E-state index is 12.3. The number of sulfone groups is 1. The van der Waals surface area contributed by atoms with Gasteiger partial charge >= 0.3 is 0 Å². The van der Waals surface area contributed by atoms with Crippen molar-refractivity contribution in [2.45, 2.75) is 75.1 Å². The summed E-state index contributed by atoms with van der Waals surface area (Å²) in [5, 5.41) is 11.4. The predicted octanol–water partition coefficient (Wildman–Crippen LogP) is 3.18. The number of hydrogen-bond acceptors (Lipinski definition) is 5. The molecule has 5 nitrogen and oxygen atoms in total. The van der Waals surface area contributed by atoms with E-state index in [-0.39, 0.29) is 5.03 Å². The number of hydrogen-bond donors (Lipinski definition) is 1. The Morgan fingerprint density at radius 2 is 1.67 bits per heavy atom. The standard InChI is InChI=1S/C15H25N3O2S/c1-15(2,3)21(19,20)14-11-10-13(17-18-14)16-12-8-6-4-5-7-9-12/h10-12H,4-9H2,1-3H3,(H,16,17). The Hall–Kier alpha value is -1.17. The maximum atomic E-state index is 12.3. The average molecular weight is 311 g/mol. The zero-order valence-corrected chi connectivity index (χ0v) is 13.9. The van der Waals surface area contributed by atoms with E-state index in [0.29, 0.717) is 11.9 Å². The molecule has 6 heteroatoms. The smallest absolute Gasteiger partial charge is 0.202 e. The van der Waals surface area contributed by atoms with E-state index in [1.54, 1.807) is 32.9 Å². The fourth-order valence-corrected chi connectivity index (χ4v) is 3.51. The third kappa shape index (κ3) is 3.93. The van der Waals surface area contributed by atoms with Gasteiger partial charge in [0, 0.05) is 6.04 Å². The van der Waals surface area contributed by atoms with Gasteiger partial charge in [-0.1, -0.05) is 25.7 Å². The van der Waals surface area contributed by atoms with Crippen molar-refractivity contribution in [3.63, 3.8) is 0 Å². The number of nitrogens with one attached hydrogen (secondary N) is 1. The number of anilines is 1. The van der Waals surface area contributed by atoms with Gasteiger partial charge in [-0.05, 0) is 45.7 Å². The van der Waals surface area contributed by atoms with Crippen LogP contribution in [-0.2, 0) is 9.84 Å². The second-order valence-corrected chi connectivity index (χ2v) is 9.36. The van der Waals surface area contributed by atoms with Crippen molar-refractivity contribution in [3.8, 4) is 0 Å². The van der Waals surface area contributed by atoms with Gasteiger partial charge in [0.15, 0.2) is 5.03 Å². The van der Waals surface area contributed by atoms with E-state index in [1.165, 1.54) is 25.7 Å². The third-order valence-corrected chi connectivity index (χ3v) is 6.31. The van der Waals surface area contributed by atoms with Gasteiger partial charge in [-0.2, -0.15) is 0 Å². The summed E-state index contributed by atoms with van der Waals surface area (Å²) in [6.45, 7) is 5.01. The minimum absolute atomic E-state index is 0.0430. The third-order valence-electron chi connectivity index (χ3n) is 3.93. The lowest BCUT2D eigenvalue weighted by Crippen LogP contribution is -2.29. The largest absolute Gasteiger partial charge is 0.366 e. The van der Waals surface area contributed by atoms with Crippen LogP contribution in [0.5, 0.6) is 0 Å². The summed E-state index contributed by atoms with van der Waals surface area (Å²) < 4.78 is 23.7. The molecule has 0 atom stereocenters. The van der Waals surface area contributed by atoms with Crippen molar-refractivity contribution in [1.82, 2.24) is 10.2 Å². The van der Waals surface area contributed by atoms with Crippen molar-refractivity contribution in [1.29, 1.82) is 0 Å². The van der Waals surface area contributed by atoms with Crippen molar-refractivity contribution >= 4 is 15.7 Å². The predicted molar refractivity (Wildman–Crippen MR) is 84.1 cm³/mol. The molecule has 1 fully saturated rings. The van der Waals surface area contributed by atoms with E-state index >= 15 is 0 Å². The van der Waals surface area contributed by atoms with Crippen molar-refractivity contribution in [2.75, 3.05) is 5.32 Å². The highest BCUT2D eigenvalue weighted by molar-refractivity contribution is 7.92. The summed E-state index contributed by atoms with van der Waals surface area (Å²) in [7, 11) is -3.43. The van der Waals surface area contributed by atoms with E-state index in [4.69, 9.17) is 0 Å². The van der Waals surface area contributed by atoms with Crippen molar-refractivity contribution in [2.24, 2.45) is 0 Å². The summed E-state index contributed by atoms with van der Waals surface area (Å²) in [4.78, 5) is 0. The minimum atomic E-state index is -3.43. The van der Waals surface area contributed by atoms with E-state index in [0.717, 1.165) is 12.8 Å². The Balaban J connectivity index is 2.09. The van der Waals surface area contributed by atoms with Gasteiger partial charge in [0.2, 0.25) is 9.84 Å². The van der Waals surface area contributed by atoms with Crippen LogP contribution >= 0.6 is 0 Å². The van der Waals surface area contributed by atoms with Crippen LogP contribution in [-0.4, -0.2) is 29.4 Å². The summed E-state index contributed by atoms with van der Waals surface area (Å²) in [6.07, 6.45) is 7.36. The van der Waals surface area contributed by atoms with E-state index < -0.39 is 14.6 Å². The zero-order chi connectivity index (χ0) is 15.5. The van der Waals surface area contributed by atoms with Crippen LogP contribution < -0.4 is 5.32 Å². The van der Waals surface area contributed by atoms with Crippen LogP contribution in [0.3, 0.4) is 0 Å². The van der Waals surface area contributed by atoms with Crippen LogP contribution in [0.25, 0.3) is 0 Å². The van der Waals surface area contributed by atoms with Crippen LogP contribution in [0.15, 0.2) is 17.2 Å². The van der Waals surface area contributed by atoms with Crippen LogP contribution in [0, 0.1) is 0 Å². The fourth-order valence-electron chi connectivity index (χ4n) is 2.49. The summed E-state index contributed by atoms with van der Waals surface area (Å²) in [5.41, 5.74) is 0. The first-order valence-corrected chi connectivity index (χ1v) is 9.14. The second kappa shape index (κ2) is 6.30. The zero-order valence-electron chi connectivity index (χ0n) is 13.1. The lowest BCUT2D eigenvalue weighted by atomic mass is 10.1. The first-order chi connectivity index (χ1) is 9.80. The van der Waals surface area contributed by atoms with E-state index in [9.17, 15) is 8.42 Å². The van der Waals surface area contributed by atoms with Crippen molar-refractivity contribution < 1.29 is 8.42 Å². The van der Waals surface area contributed by atoms with Crippen LogP contribution in [0.2, 0.25) is 0 Å². The second-order valence-electron chi connectivity index (χ2n) is 6.71. The van der Waals surface area contributed by atoms with Gasteiger partial charge in [-0.25, -0.2) is 8.42 Å². The molecule has 1 aliphatic rings. The Labute approximate surface area is 127 Å². The molecule has 0 radical (unpaired) electrons. The summed E-state index contributed by atoms with van der Waals surface area (Å²) in [5.74, 6) is 0.662. The van der Waals surface area contributed by atoms with Gasteiger partial charge < -0.3 is 5.32 Å². The molecule has 21 heavy (non-hydrogen) atoms. The molecule has 0 saturated heterocycles. The van der Waals surface area contributed by atoms with E-state index in [1.807, 2.05) is 0 Å². The highest BCUT2D eigenvalue weighted by Gasteiger charge is 2.32. The minimum Gasteiger partial charge on any atom is -0.366 e. The quantitative estimate of drug-likeness (QED) is 0.868. The van der Waals surface area contributed by atoms with Crippen LogP contribution in [0.1, 0.15) is 59.3 Å². The van der Waals surface area contributed by atoms with Gasteiger partial charge in [-0.15, -0.1) is 10.2 Å². The van der Waals surface area contributed by atoms with Gasteiger partial charge in [0.1, 0.15) is 5.82 Å². The van der Waals surface area contributed by atoms with Crippen molar-refractivity contribution in [3.05, 3.63) is 12.1 Å². The molecule has 1 aromatic heterocycles. The molecule has 0 bridgehead atoms. The average Bonchev–Trinajstić information content (AvgIpc) is 2.67. The molecular formula is C15H25N3O2S. The molecular weight excluding hydrogens is 286 g/mol. The number of nitrogens with zero attached hydrogens (tertiary/aromatic N) is 2. The molecule has 0 aliphatic heterocycles. The molecule has 0 unspecified atom stereocenters. The SMILES string of the molecule is CC(C)(C)S(=O)(=O)c1ccc(NC2CCCCCC2)nn1. The summed E-state index contributed by atoms with van der Waals surface area (Å²) in [6, 6.07) is 3.69. The lowest BCUT2D eigenvalue weighted by Gasteiger charge is -2.19. The lowest BCUT2D eigenvalue weighted by molar-refractivity contribution is 0.554. The molecule has 2 rings (SSSR count). The number of aromatic nitrogens is 2. The Morgan fingerprint density at radius 3 is 2.14 bits per heavy atom. The van der Waals surface area contributed by atoms with E-state index in [2.05, 4.69) is 15.5 Å². The first kappa shape index (κ1) is 16.2. The molecule has 0 amide bonds. The topological polar surface area (TPSA) is 72.0 Å². The molecule has 1 N–H and O–H groups in total.